The van der Waals surface area contributed by atoms with Crippen molar-refractivity contribution in [2.45, 2.75) is 37.3 Å². The largest absolute Gasteiger partial charge is 0.385 e. The topological polar surface area (TPSA) is 82.3 Å². The van der Waals surface area contributed by atoms with Crippen LogP contribution < -0.4 is 0 Å². The number of methoxy groups -OCH3 is 1. The maximum atomic E-state index is 12.7. The lowest BCUT2D eigenvalue weighted by Crippen LogP contribution is -2.29. The van der Waals surface area contributed by atoms with Gasteiger partial charge in [0.25, 0.3) is 10.0 Å². The van der Waals surface area contributed by atoms with E-state index in [-0.39, 0.29) is 10.9 Å². The minimum absolute atomic E-state index is 0.106. The first-order valence-corrected chi connectivity index (χ1v) is 9.86. The average Bonchev–Trinajstić information content (AvgIpc) is 3.28. The number of aromatic nitrogens is 4. The summed E-state index contributed by atoms with van der Waals surface area (Å²) >= 11 is 0. The second-order valence-electron chi connectivity index (χ2n) is 6.48. The van der Waals surface area contributed by atoms with Crippen LogP contribution in [0.1, 0.15) is 30.3 Å². The molecule has 1 saturated heterocycles. The fraction of sp³-hybridized carbons (Fsp3) is 0.625. The van der Waals surface area contributed by atoms with Gasteiger partial charge in [-0.15, -0.1) is 0 Å². The monoisotopic (exact) mass is 367 g/mol. The van der Waals surface area contributed by atoms with Gasteiger partial charge in [-0.2, -0.15) is 4.31 Å². The molecule has 0 bridgehead atoms. The van der Waals surface area contributed by atoms with Gasteiger partial charge >= 0.3 is 0 Å². The Morgan fingerprint density at radius 3 is 2.84 bits per heavy atom. The highest BCUT2D eigenvalue weighted by atomic mass is 32.2. The zero-order valence-corrected chi connectivity index (χ0v) is 15.7. The van der Waals surface area contributed by atoms with E-state index >= 15 is 0 Å². The summed E-state index contributed by atoms with van der Waals surface area (Å²) in [5.74, 6) is 1.07. The van der Waals surface area contributed by atoms with Gasteiger partial charge in [0.15, 0.2) is 5.03 Å². The van der Waals surface area contributed by atoms with Gasteiger partial charge < -0.3 is 13.9 Å². The Kier molecular flexibility index (Phi) is 5.26. The van der Waals surface area contributed by atoms with Crippen LogP contribution in [0.2, 0.25) is 0 Å². The van der Waals surface area contributed by atoms with Crippen molar-refractivity contribution in [1.29, 1.82) is 0 Å². The molecule has 1 aliphatic rings. The van der Waals surface area contributed by atoms with E-state index in [2.05, 4.69) is 14.5 Å². The first-order valence-electron chi connectivity index (χ1n) is 8.42. The predicted molar refractivity (Wildman–Crippen MR) is 92.8 cm³/mol. The summed E-state index contributed by atoms with van der Waals surface area (Å²) in [5.41, 5.74) is 1.09. The first-order chi connectivity index (χ1) is 11.9. The van der Waals surface area contributed by atoms with E-state index in [1.165, 1.54) is 10.6 Å². The summed E-state index contributed by atoms with van der Waals surface area (Å²) in [6.45, 7) is 4.49. The molecule has 1 unspecified atom stereocenters. The van der Waals surface area contributed by atoms with E-state index in [9.17, 15) is 8.42 Å². The van der Waals surface area contributed by atoms with Gasteiger partial charge in [-0.3, -0.25) is 0 Å². The van der Waals surface area contributed by atoms with Crippen LogP contribution in [0.25, 0.3) is 0 Å². The van der Waals surface area contributed by atoms with Crippen LogP contribution in [-0.2, 0) is 28.4 Å². The van der Waals surface area contributed by atoms with Crippen LogP contribution in [0.3, 0.4) is 0 Å². The Morgan fingerprint density at radius 1 is 1.36 bits per heavy atom. The maximum Gasteiger partial charge on any atom is 0.262 e. The van der Waals surface area contributed by atoms with Gasteiger partial charge in [-0.05, 0) is 19.8 Å². The molecule has 0 spiro atoms. The lowest BCUT2D eigenvalue weighted by atomic mass is 10.1. The number of ether oxygens (including phenoxy) is 1. The number of nitrogens with zero attached hydrogens (tertiary/aromatic N) is 5. The van der Waals surface area contributed by atoms with Crippen LogP contribution in [0.4, 0.5) is 0 Å². The molecule has 1 fully saturated rings. The molecule has 1 aliphatic heterocycles. The fourth-order valence-electron chi connectivity index (χ4n) is 3.27. The number of imidazole rings is 2. The molecule has 0 aromatic carbocycles. The summed E-state index contributed by atoms with van der Waals surface area (Å²) in [7, 11) is -0.0856. The third-order valence-electron chi connectivity index (χ3n) is 4.62. The molecule has 8 nitrogen and oxygen atoms in total. The Morgan fingerprint density at radius 2 is 2.16 bits per heavy atom. The number of aryl methyl sites for hydroxylation is 2. The van der Waals surface area contributed by atoms with Gasteiger partial charge in [-0.1, -0.05) is 0 Å². The second kappa shape index (κ2) is 7.27. The van der Waals surface area contributed by atoms with Crippen LogP contribution >= 0.6 is 0 Å². The summed E-state index contributed by atoms with van der Waals surface area (Å²) in [5, 5.41) is 0.107. The fourth-order valence-corrected chi connectivity index (χ4v) is 4.74. The minimum atomic E-state index is -3.54. The zero-order chi connectivity index (χ0) is 18.0. The van der Waals surface area contributed by atoms with Gasteiger partial charge in [-0.25, -0.2) is 18.4 Å². The SMILES string of the molecule is COCCCn1c(C)cnc1C1CCN(S(=O)(=O)c2cn(C)cn2)C1. The van der Waals surface area contributed by atoms with E-state index < -0.39 is 10.0 Å². The maximum absolute atomic E-state index is 12.7. The molecule has 3 heterocycles. The van der Waals surface area contributed by atoms with Gasteiger partial charge in [0.05, 0.1) is 6.33 Å². The van der Waals surface area contributed by atoms with Crippen LogP contribution in [0.5, 0.6) is 0 Å². The molecular weight excluding hydrogens is 342 g/mol. The lowest BCUT2D eigenvalue weighted by molar-refractivity contribution is 0.189. The van der Waals surface area contributed by atoms with Crippen molar-refractivity contribution in [2.75, 3.05) is 26.8 Å². The van der Waals surface area contributed by atoms with Crippen molar-refractivity contribution in [1.82, 2.24) is 23.4 Å². The zero-order valence-electron chi connectivity index (χ0n) is 14.9. The summed E-state index contributed by atoms with van der Waals surface area (Å²) in [6.07, 6.45) is 6.58. The van der Waals surface area contributed by atoms with E-state index in [4.69, 9.17) is 4.74 Å². The molecule has 9 heteroatoms. The summed E-state index contributed by atoms with van der Waals surface area (Å²) in [4.78, 5) is 8.55. The van der Waals surface area contributed by atoms with Gasteiger partial charge in [0.1, 0.15) is 5.82 Å². The van der Waals surface area contributed by atoms with Crippen molar-refractivity contribution >= 4 is 10.0 Å². The summed E-state index contributed by atoms with van der Waals surface area (Å²) in [6, 6.07) is 0. The Balaban J connectivity index is 1.75. The highest BCUT2D eigenvalue weighted by Crippen LogP contribution is 2.30. The number of hydrogen-bond donors (Lipinski definition) is 0. The summed E-state index contributed by atoms with van der Waals surface area (Å²) < 4.78 is 35.9. The molecule has 0 aliphatic carbocycles. The second-order valence-corrected chi connectivity index (χ2v) is 8.37. The highest BCUT2D eigenvalue weighted by molar-refractivity contribution is 7.89. The first kappa shape index (κ1) is 18.1. The molecule has 25 heavy (non-hydrogen) atoms. The van der Waals surface area contributed by atoms with Crippen LogP contribution in [-0.4, -0.2) is 58.6 Å². The number of sulfonamides is 1. The molecule has 0 N–H and O–H groups in total. The molecule has 3 rings (SSSR count). The van der Waals surface area contributed by atoms with Crippen molar-refractivity contribution in [3.63, 3.8) is 0 Å². The molecule has 0 amide bonds. The number of hydrogen-bond acceptors (Lipinski definition) is 5. The van der Waals surface area contributed by atoms with Gasteiger partial charge in [0.2, 0.25) is 0 Å². The molecule has 2 aromatic rings. The van der Waals surface area contributed by atoms with E-state index in [1.54, 1.807) is 24.9 Å². The van der Waals surface area contributed by atoms with E-state index in [1.807, 2.05) is 13.1 Å². The third kappa shape index (κ3) is 3.63. The molecule has 2 aromatic heterocycles. The van der Waals surface area contributed by atoms with Crippen LogP contribution in [0, 0.1) is 6.92 Å². The highest BCUT2D eigenvalue weighted by Gasteiger charge is 2.36. The lowest BCUT2D eigenvalue weighted by Gasteiger charge is -2.16. The third-order valence-corrected chi connectivity index (χ3v) is 6.37. The molecule has 138 valence electrons. The Labute approximate surface area is 148 Å². The average molecular weight is 367 g/mol. The molecular formula is C16H25N5O3S. The molecule has 0 radical (unpaired) electrons. The Hall–Kier alpha value is -1.71. The van der Waals surface area contributed by atoms with Crippen molar-refractivity contribution in [3.8, 4) is 0 Å². The van der Waals surface area contributed by atoms with E-state index in [0.29, 0.717) is 19.7 Å². The van der Waals surface area contributed by atoms with Crippen molar-refractivity contribution in [2.24, 2.45) is 7.05 Å². The van der Waals surface area contributed by atoms with Crippen molar-refractivity contribution in [3.05, 3.63) is 30.2 Å². The normalized spacial score (nSPS) is 18.9. The van der Waals surface area contributed by atoms with Crippen LogP contribution in [0.15, 0.2) is 23.7 Å². The Bertz CT molecular complexity index is 827. The van der Waals surface area contributed by atoms with E-state index in [0.717, 1.165) is 30.9 Å². The number of rotatable bonds is 7. The molecule has 1 atom stereocenters. The standard InChI is InChI=1S/C16H25N5O3S/c1-13-9-17-16(21(13)6-4-8-24-3)14-5-7-20(10-14)25(22,23)15-11-19(2)12-18-15/h9,11-12,14H,4-8,10H2,1-3H3. The smallest absolute Gasteiger partial charge is 0.262 e. The van der Waals surface area contributed by atoms with Crippen molar-refractivity contribution < 1.29 is 13.2 Å². The predicted octanol–water partition coefficient (Wildman–Crippen LogP) is 1.14. The van der Waals surface area contributed by atoms with Gasteiger partial charge in [0, 0.05) is 64.4 Å². The quantitative estimate of drug-likeness (QED) is 0.686. The molecule has 0 saturated carbocycles. The minimum Gasteiger partial charge on any atom is -0.385 e.